The molecule has 0 radical (unpaired) electrons. The molecular formula is C19H31N3O3S. The van der Waals surface area contributed by atoms with Crippen LogP contribution >= 0.6 is 11.8 Å². The normalized spacial score (nSPS) is 20.0. The van der Waals surface area contributed by atoms with E-state index in [1.54, 1.807) is 21.3 Å². The van der Waals surface area contributed by atoms with Gasteiger partial charge in [0, 0.05) is 30.0 Å². The van der Waals surface area contributed by atoms with Gasteiger partial charge in [0.15, 0.2) is 5.96 Å². The summed E-state index contributed by atoms with van der Waals surface area (Å²) in [7, 11) is 4.92. The van der Waals surface area contributed by atoms with Crippen LogP contribution in [0.5, 0.6) is 17.2 Å². The van der Waals surface area contributed by atoms with Gasteiger partial charge in [0.05, 0.1) is 33.4 Å². The maximum Gasteiger partial charge on any atom is 0.191 e. The second-order valence-corrected chi connectivity index (χ2v) is 7.36. The quantitative estimate of drug-likeness (QED) is 0.533. The lowest BCUT2D eigenvalue weighted by atomic mass is 10.1. The summed E-state index contributed by atoms with van der Waals surface area (Å²) in [5.74, 6) is 2.96. The Balaban J connectivity index is 2.15. The first kappa shape index (κ1) is 20.6. The summed E-state index contributed by atoms with van der Waals surface area (Å²) < 4.78 is 16.3. The largest absolute Gasteiger partial charge is 0.496 e. The monoisotopic (exact) mass is 381 g/mol. The molecule has 1 saturated carbocycles. The van der Waals surface area contributed by atoms with Gasteiger partial charge in [0.2, 0.25) is 0 Å². The Kier molecular flexibility index (Phi) is 8.22. The highest BCUT2D eigenvalue weighted by Crippen LogP contribution is 2.34. The summed E-state index contributed by atoms with van der Waals surface area (Å²) in [5, 5.41) is 7.65. The van der Waals surface area contributed by atoms with Gasteiger partial charge in [0.25, 0.3) is 0 Å². The first-order valence-electron chi connectivity index (χ1n) is 9.01. The van der Waals surface area contributed by atoms with Crippen LogP contribution in [-0.4, -0.2) is 51.4 Å². The average Bonchev–Trinajstić information content (AvgIpc) is 3.13. The van der Waals surface area contributed by atoms with Gasteiger partial charge in [-0.25, -0.2) is 4.99 Å². The van der Waals surface area contributed by atoms with Crippen LogP contribution < -0.4 is 24.8 Å². The van der Waals surface area contributed by atoms with Gasteiger partial charge in [-0.15, -0.1) is 0 Å². The standard InChI is InChI=1S/C19H31N3O3S/c1-6-20-19(22-13-7-8-15(9-13)26-5)21-12-16-17(24-3)10-14(23-2)11-18(16)25-4/h10-11,13,15H,6-9,12H2,1-5H3,(H2,20,21,22). The maximum absolute atomic E-state index is 5.51. The van der Waals surface area contributed by atoms with Crippen LogP contribution in [0.2, 0.25) is 0 Å². The summed E-state index contributed by atoms with van der Waals surface area (Å²) in [6.07, 6.45) is 5.82. The zero-order valence-corrected chi connectivity index (χ0v) is 17.2. The number of hydrogen-bond donors (Lipinski definition) is 2. The lowest BCUT2D eigenvalue weighted by Crippen LogP contribution is -2.42. The molecule has 2 N–H and O–H groups in total. The molecule has 1 aliphatic rings. The Morgan fingerprint density at radius 1 is 1.15 bits per heavy atom. The third-order valence-electron chi connectivity index (χ3n) is 4.62. The molecule has 2 unspecified atom stereocenters. The molecule has 146 valence electrons. The topological polar surface area (TPSA) is 64.1 Å². The van der Waals surface area contributed by atoms with E-state index in [0.29, 0.717) is 29.8 Å². The van der Waals surface area contributed by atoms with Crippen LogP contribution in [0.3, 0.4) is 0 Å². The molecule has 1 aromatic carbocycles. The number of aliphatic imine (C=N–C) groups is 1. The van der Waals surface area contributed by atoms with Gasteiger partial charge in [0.1, 0.15) is 17.2 Å². The van der Waals surface area contributed by atoms with Crippen molar-refractivity contribution >= 4 is 17.7 Å². The number of hydrogen-bond acceptors (Lipinski definition) is 5. The van der Waals surface area contributed by atoms with Crippen LogP contribution in [0.1, 0.15) is 31.7 Å². The van der Waals surface area contributed by atoms with Crippen molar-refractivity contribution in [1.82, 2.24) is 10.6 Å². The number of thioether (sulfide) groups is 1. The lowest BCUT2D eigenvalue weighted by molar-refractivity contribution is 0.369. The molecule has 0 saturated heterocycles. The van der Waals surface area contributed by atoms with Crippen LogP contribution in [0.25, 0.3) is 0 Å². The van der Waals surface area contributed by atoms with Gasteiger partial charge in [-0.2, -0.15) is 11.8 Å². The number of rotatable bonds is 8. The Labute approximate surface area is 161 Å². The fourth-order valence-electron chi connectivity index (χ4n) is 3.19. The zero-order chi connectivity index (χ0) is 18.9. The number of nitrogens with one attached hydrogen (secondary N) is 2. The van der Waals surface area contributed by atoms with Crippen LogP contribution in [0.4, 0.5) is 0 Å². The van der Waals surface area contributed by atoms with E-state index in [1.165, 1.54) is 19.3 Å². The molecule has 0 heterocycles. The van der Waals surface area contributed by atoms with Gasteiger partial charge < -0.3 is 24.8 Å². The molecule has 2 rings (SSSR count). The molecule has 0 aliphatic heterocycles. The van der Waals surface area contributed by atoms with Crippen LogP contribution in [0, 0.1) is 0 Å². The van der Waals surface area contributed by atoms with Crippen LogP contribution in [-0.2, 0) is 6.54 Å². The van der Waals surface area contributed by atoms with Crippen molar-refractivity contribution in [3.63, 3.8) is 0 Å². The molecule has 1 aliphatic carbocycles. The van der Waals surface area contributed by atoms with E-state index in [4.69, 9.17) is 19.2 Å². The highest BCUT2D eigenvalue weighted by atomic mass is 32.2. The number of guanidine groups is 1. The zero-order valence-electron chi connectivity index (χ0n) is 16.4. The Bertz CT molecular complexity index is 585. The maximum atomic E-state index is 5.51. The molecule has 1 fully saturated rings. The molecule has 7 heteroatoms. The highest BCUT2D eigenvalue weighted by Gasteiger charge is 2.24. The first-order chi connectivity index (χ1) is 12.6. The van der Waals surface area contributed by atoms with Crippen molar-refractivity contribution in [3.8, 4) is 17.2 Å². The molecule has 0 bridgehead atoms. The molecule has 2 atom stereocenters. The lowest BCUT2D eigenvalue weighted by Gasteiger charge is -2.18. The molecule has 0 aromatic heterocycles. The van der Waals surface area contributed by atoms with Crippen LogP contribution in [0.15, 0.2) is 17.1 Å². The van der Waals surface area contributed by atoms with E-state index in [9.17, 15) is 0 Å². The second kappa shape index (κ2) is 10.4. The Hall–Kier alpha value is -1.76. The number of benzene rings is 1. The van der Waals surface area contributed by atoms with Gasteiger partial charge in [-0.3, -0.25) is 0 Å². The number of nitrogens with zero attached hydrogens (tertiary/aromatic N) is 1. The molecule has 0 spiro atoms. The molecule has 0 amide bonds. The van der Waals surface area contributed by atoms with Crippen molar-refractivity contribution in [3.05, 3.63) is 17.7 Å². The summed E-state index contributed by atoms with van der Waals surface area (Å²) >= 11 is 1.95. The SMILES string of the molecule is CCNC(=NCc1c(OC)cc(OC)cc1OC)NC1CCC(SC)C1. The smallest absolute Gasteiger partial charge is 0.191 e. The molecule has 1 aromatic rings. The predicted octanol–water partition coefficient (Wildman–Crippen LogP) is 3.05. The fourth-order valence-corrected chi connectivity index (χ4v) is 3.99. The van der Waals surface area contributed by atoms with Crippen molar-refractivity contribution < 1.29 is 14.2 Å². The van der Waals surface area contributed by atoms with E-state index in [0.717, 1.165) is 23.3 Å². The van der Waals surface area contributed by atoms with Gasteiger partial charge in [-0.05, 0) is 32.4 Å². The van der Waals surface area contributed by atoms with Crippen molar-refractivity contribution in [2.75, 3.05) is 34.1 Å². The molecular weight excluding hydrogens is 350 g/mol. The van der Waals surface area contributed by atoms with Crippen molar-refractivity contribution in [1.29, 1.82) is 0 Å². The third kappa shape index (κ3) is 5.37. The van der Waals surface area contributed by atoms with Gasteiger partial charge >= 0.3 is 0 Å². The van der Waals surface area contributed by atoms with E-state index >= 15 is 0 Å². The Morgan fingerprint density at radius 2 is 1.85 bits per heavy atom. The fraction of sp³-hybridized carbons (Fsp3) is 0.632. The molecule has 26 heavy (non-hydrogen) atoms. The van der Waals surface area contributed by atoms with E-state index in [-0.39, 0.29) is 0 Å². The van der Waals surface area contributed by atoms with Crippen molar-refractivity contribution in [2.24, 2.45) is 4.99 Å². The van der Waals surface area contributed by atoms with E-state index < -0.39 is 0 Å². The summed E-state index contributed by atoms with van der Waals surface area (Å²) in [6, 6.07) is 4.19. The number of methoxy groups -OCH3 is 3. The highest BCUT2D eigenvalue weighted by molar-refractivity contribution is 7.99. The summed E-state index contributed by atoms with van der Waals surface area (Å²) in [6.45, 7) is 3.36. The van der Waals surface area contributed by atoms with Crippen molar-refractivity contribution in [2.45, 2.75) is 44.0 Å². The summed E-state index contributed by atoms with van der Waals surface area (Å²) in [5.41, 5.74) is 0.904. The van der Waals surface area contributed by atoms with Gasteiger partial charge in [-0.1, -0.05) is 0 Å². The third-order valence-corrected chi connectivity index (χ3v) is 5.71. The average molecular weight is 382 g/mol. The van der Waals surface area contributed by atoms with E-state index in [2.05, 4.69) is 23.8 Å². The summed E-state index contributed by atoms with van der Waals surface area (Å²) in [4.78, 5) is 4.76. The molecule has 6 nitrogen and oxygen atoms in total. The first-order valence-corrected chi connectivity index (χ1v) is 10.3. The van der Waals surface area contributed by atoms with E-state index in [1.807, 2.05) is 23.9 Å². The predicted molar refractivity (Wildman–Crippen MR) is 109 cm³/mol. The Morgan fingerprint density at radius 3 is 2.35 bits per heavy atom. The minimum atomic E-state index is 0.463. The second-order valence-electron chi connectivity index (χ2n) is 6.22. The number of ether oxygens (including phenoxy) is 3. The minimum absolute atomic E-state index is 0.463. The minimum Gasteiger partial charge on any atom is -0.496 e.